The fraction of sp³-hybridized carbons (Fsp3) is 0.375. The Morgan fingerprint density at radius 2 is 1.78 bits per heavy atom. The van der Waals surface area contributed by atoms with Crippen molar-refractivity contribution in [1.29, 1.82) is 0 Å². The van der Waals surface area contributed by atoms with Gasteiger partial charge in [0.15, 0.2) is 5.16 Å². The minimum Gasteiger partial charge on any atom is -0.495 e. The summed E-state index contributed by atoms with van der Waals surface area (Å²) in [6.07, 6.45) is 0. The van der Waals surface area contributed by atoms with Gasteiger partial charge in [0.2, 0.25) is 5.91 Å². The van der Waals surface area contributed by atoms with Gasteiger partial charge in [0.1, 0.15) is 5.75 Å². The molecule has 1 aromatic heterocycles. The van der Waals surface area contributed by atoms with Crippen molar-refractivity contribution in [2.24, 2.45) is 0 Å². The van der Waals surface area contributed by atoms with Crippen LogP contribution in [0.15, 0.2) is 58.5 Å². The molecular weight excluding hydrogens is 424 g/mol. The maximum absolute atomic E-state index is 13.2. The van der Waals surface area contributed by atoms with Crippen LogP contribution < -0.4 is 15.2 Å². The van der Waals surface area contributed by atoms with Gasteiger partial charge in [-0.1, -0.05) is 36.0 Å². The molecule has 32 heavy (non-hydrogen) atoms. The van der Waals surface area contributed by atoms with Crippen molar-refractivity contribution in [3.63, 3.8) is 0 Å². The van der Waals surface area contributed by atoms with Gasteiger partial charge in [0.25, 0.3) is 5.56 Å². The molecule has 0 spiro atoms. The van der Waals surface area contributed by atoms with Crippen molar-refractivity contribution < 1.29 is 9.53 Å². The van der Waals surface area contributed by atoms with Crippen molar-refractivity contribution in [3.05, 3.63) is 58.9 Å². The van der Waals surface area contributed by atoms with Crippen molar-refractivity contribution in [2.75, 3.05) is 38.2 Å². The van der Waals surface area contributed by atoms with Crippen LogP contribution >= 0.6 is 11.8 Å². The summed E-state index contributed by atoms with van der Waals surface area (Å²) in [5.41, 5.74) is 1.65. The van der Waals surface area contributed by atoms with Gasteiger partial charge in [-0.05, 0) is 38.1 Å². The van der Waals surface area contributed by atoms with Gasteiger partial charge in [-0.15, -0.1) is 0 Å². The highest BCUT2D eigenvalue weighted by Crippen LogP contribution is 2.29. The molecule has 1 aliphatic rings. The summed E-state index contributed by atoms with van der Waals surface area (Å²) in [5.74, 6) is 0.913. The molecule has 1 fully saturated rings. The van der Waals surface area contributed by atoms with Crippen LogP contribution in [0.2, 0.25) is 0 Å². The van der Waals surface area contributed by atoms with E-state index in [0.29, 0.717) is 35.7 Å². The molecule has 4 rings (SSSR count). The number of benzene rings is 2. The fourth-order valence-corrected chi connectivity index (χ4v) is 5.10. The maximum Gasteiger partial charge on any atom is 0.262 e. The second-order valence-corrected chi connectivity index (χ2v) is 9.01. The molecule has 0 bridgehead atoms. The molecule has 3 aromatic rings. The van der Waals surface area contributed by atoms with Crippen LogP contribution in [0, 0.1) is 0 Å². The summed E-state index contributed by atoms with van der Waals surface area (Å²) < 4.78 is 7.13. The number of carbonyl (C=O) groups is 1. The molecule has 8 heteroatoms. The number of ether oxygens (including phenoxy) is 1. The van der Waals surface area contributed by atoms with Crippen molar-refractivity contribution in [1.82, 2.24) is 14.5 Å². The number of fused-ring (bicyclic) bond motifs is 1. The number of para-hydroxylation sites is 3. The molecule has 168 valence electrons. The zero-order valence-corrected chi connectivity index (χ0v) is 19.5. The number of amides is 1. The van der Waals surface area contributed by atoms with Gasteiger partial charge < -0.3 is 14.5 Å². The zero-order valence-electron chi connectivity index (χ0n) is 18.7. The Kier molecular flexibility index (Phi) is 6.69. The van der Waals surface area contributed by atoms with Crippen LogP contribution in [0.5, 0.6) is 5.75 Å². The number of aromatic nitrogens is 2. The first kappa shape index (κ1) is 22.2. The number of rotatable bonds is 6. The molecule has 1 atom stereocenters. The third kappa shape index (κ3) is 4.32. The molecule has 1 aliphatic heterocycles. The number of piperazine rings is 1. The summed E-state index contributed by atoms with van der Waals surface area (Å²) in [6.45, 7) is 7.11. The van der Waals surface area contributed by atoms with Crippen LogP contribution in [0.3, 0.4) is 0 Å². The Morgan fingerprint density at radius 1 is 1.09 bits per heavy atom. The number of methoxy groups -OCH3 is 1. The largest absolute Gasteiger partial charge is 0.495 e. The highest BCUT2D eigenvalue weighted by molar-refractivity contribution is 8.00. The van der Waals surface area contributed by atoms with Gasteiger partial charge in [-0.2, -0.15) is 0 Å². The first-order valence-electron chi connectivity index (χ1n) is 10.9. The number of carbonyl (C=O) groups excluding carboxylic acids is 1. The van der Waals surface area contributed by atoms with E-state index in [1.165, 1.54) is 11.8 Å². The summed E-state index contributed by atoms with van der Waals surface area (Å²) in [6, 6.07) is 15.3. The Balaban J connectivity index is 1.46. The first-order chi connectivity index (χ1) is 15.5. The van der Waals surface area contributed by atoms with Crippen LogP contribution in [0.4, 0.5) is 5.69 Å². The molecular formula is C24H28N4O3S. The predicted molar refractivity (Wildman–Crippen MR) is 129 cm³/mol. The lowest BCUT2D eigenvalue weighted by atomic mass is 10.2. The van der Waals surface area contributed by atoms with Gasteiger partial charge in [0.05, 0.1) is 29.0 Å². The van der Waals surface area contributed by atoms with E-state index in [9.17, 15) is 9.59 Å². The maximum atomic E-state index is 13.2. The van der Waals surface area contributed by atoms with Gasteiger partial charge in [0, 0.05) is 32.7 Å². The van der Waals surface area contributed by atoms with E-state index >= 15 is 0 Å². The third-order valence-electron chi connectivity index (χ3n) is 5.79. The normalized spacial score (nSPS) is 15.1. The predicted octanol–water partition coefficient (Wildman–Crippen LogP) is 3.25. The second-order valence-electron chi connectivity index (χ2n) is 7.71. The third-order valence-corrected chi connectivity index (χ3v) is 6.87. The average Bonchev–Trinajstić information content (AvgIpc) is 2.84. The van der Waals surface area contributed by atoms with Crippen molar-refractivity contribution in [3.8, 4) is 5.75 Å². The Labute approximate surface area is 192 Å². The smallest absolute Gasteiger partial charge is 0.262 e. The molecule has 2 aromatic carbocycles. The molecule has 0 saturated carbocycles. The number of hydrogen-bond acceptors (Lipinski definition) is 6. The number of thioether (sulfide) groups is 1. The lowest BCUT2D eigenvalue weighted by Gasteiger charge is -2.37. The van der Waals surface area contributed by atoms with E-state index in [-0.39, 0.29) is 16.7 Å². The zero-order chi connectivity index (χ0) is 22.7. The summed E-state index contributed by atoms with van der Waals surface area (Å²) in [4.78, 5) is 34.8. The summed E-state index contributed by atoms with van der Waals surface area (Å²) in [5, 5.41) is 0.855. The molecule has 1 saturated heterocycles. The fourth-order valence-electron chi connectivity index (χ4n) is 4.04. The van der Waals surface area contributed by atoms with E-state index < -0.39 is 0 Å². The molecule has 2 heterocycles. The van der Waals surface area contributed by atoms with Gasteiger partial charge >= 0.3 is 0 Å². The lowest BCUT2D eigenvalue weighted by Crippen LogP contribution is -2.50. The molecule has 0 N–H and O–H groups in total. The van der Waals surface area contributed by atoms with Gasteiger partial charge in [-0.25, -0.2) is 4.98 Å². The van der Waals surface area contributed by atoms with Crippen LogP contribution in [0.25, 0.3) is 10.9 Å². The minimum absolute atomic E-state index is 0.0642. The van der Waals surface area contributed by atoms with E-state index in [2.05, 4.69) is 9.88 Å². The van der Waals surface area contributed by atoms with E-state index in [0.717, 1.165) is 24.5 Å². The molecule has 1 amide bonds. The molecule has 1 unspecified atom stereocenters. The Bertz CT molecular complexity index is 1170. The standard InChI is InChI=1S/C24H28N4O3S/c1-4-28-23(30)18-9-5-6-10-19(18)25-24(28)32-17(2)22(29)27-15-13-26(14-16-27)20-11-7-8-12-21(20)31-3/h5-12,17H,4,13-16H2,1-3H3. The van der Waals surface area contributed by atoms with Crippen molar-refractivity contribution >= 4 is 34.3 Å². The summed E-state index contributed by atoms with van der Waals surface area (Å²) in [7, 11) is 1.67. The van der Waals surface area contributed by atoms with Crippen molar-refractivity contribution in [2.45, 2.75) is 30.8 Å². The van der Waals surface area contributed by atoms with E-state index in [1.807, 2.05) is 61.2 Å². The van der Waals surface area contributed by atoms with Crippen LogP contribution in [-0.2, 0) is 11.3 Å². The Morgan fingerprint density at radius 3 is 2.50 bits per heavy atom. The number of nitrogens with zero attached hydrogens (tertiary/aromatic N) is 4. The minimum atomic E-state index is -0.335. The SMILES string of the molecule is CCn1c(SC(C)C(=O)N2CCN(c3ccccc3OC)CC2)nc2ccccc2c1=O. The molecule has 7 nitrogen and oxygen atoms in total. The molecule has 0 aliphatic carbocycles. The van der Waals surface area contributed by atoms with E-state index in [1.54, 1.807) is 17.7 Å². The van der Waals surface area contributed by atoms with Gasteiger partial charge in [-0.3, -0.25) is 14.2 Å². The lowest BCUT2D eigenvalue weighted by molar-refractivity contribution is -0.130. The first-order valence-corrected chi connectivity index (χ1v) is 11.7. The molecule has 0 radical (unpaired) electrons. The number of anilines is 1. The van der Waals surface area contributed by atoms with Crippen LogP contribution in [0.1, 0.15) is 13.8 Å². The quantitative estimate of drug-likeness (QED) is 0.423. The monoisotopic (exact) mass is 452 g/mol. The van der Waals surface area contributed by atoms with Crippen LogP contribution in [-0.4, -0.2) is 58.9 Å². The second kappa shape index (κ2) is 9.65. The highest BCUT2D eigenvalue weighted by atomic mass is 32.2. The number of hydrogen-bond donors (Lipinski definition) is 0. The average molecular weight is 453 g/mol. The summed E-state index contributed by atoms with van der Waals surface area (Å²) >= 11 is 1.36. The topological polar surface area (TPSA) is 67.7 Å². The highest BCUT2D eigenvalue weighted by Gasteiger charge is 2.27. The van der Waals surface area contributed by atoms with E-state index in [4.69, 9.17) is 4.74 Å². The Hall–Kier alpha value is -3.00.